The molecule has 0 N–H and O–H groups in total. The summed E-state index contributed by atoms with van der Waals surface area (Å²) in [5.41, 5.74) is 7.31. The van der Waals surface area contributed by atoms with Crippen LogP contribution in [0.1, 0.15) is 0 Å². The molecule has 0 saturated carbocycles. The number of rotatable bonds is 5. The van der Waals surface area contributed by atoms with Gasteiger partial charge in [-0.3, -0.25) is 0 Å². The van der Waals surface area contributed by atoms with E-state index in [1.807, 2.05) is 0 Å². The molecule has 1 heterocycles. The Morgan fingerprint density at radius 2 is 0.594 bits per heavy atom. The molecule has 0 saturated heterocycles. The summed E-state index contributed by atoms with van der Waals surface area (Å²) in [6.07, 6.45) is 0. The molecule has 12 aromatic carbocycles. The monoisotopic (exact) mass is 811 g/mol. The van der Waals surface area contributed by atoms with Crippen LogP contribution in [0, 0.1) is 0 Å². The van der Waals surface area contributed by atoms with Crippen molar-refractivity contribution in [3.05, 3.63) is 224 Å². The highest BCUT2D eigenvalue weighted by molar-refractivity contribution is 6.26. The van der Waals surface area contributed by atoms with Gasteiger partial charge in [0.1, 0.15) is 0 Å². The molecule has 0 radical (unpaired) electrons. The normalized spacial score (nSPS) is 11.8. The van der Waals surface area contributed by atoms with Crippen LogP contribution in [0.15, 0.2) is 224 Å². The Morgan fingerprint density at radius 3 is 1.19 bits per heavy atom. The highest BCUT2D eigenvalue weighted by atomic mass is 15.0. The van der Waals surface area contributed by atoms with Crippen LogP contribution in [0.4, 0.5) is 0 Å². The van der Waals surface area contributed by atoms with Gasteiger partial charge >= 0.3 is 0 Å². The predicted octanol–water partition coefficient (Wildman–Crippen LogP) is 16.3. The van der Waals surface area contributed by atoms with Gasteiger partial charge in [0.2, 0.25) is 0 Å². The first-order valence-electron chi connectivity index (χ1n) is 21.8. The van der Waals surface area contributed by atoms with Crippen molar-refractivity contribution in [2.24, 2.45) is 0 Å². The van der Waals surface area contributed by atoms with E-state index < -0.39 is 0 Å². The van der Waals surface area contributed by atoms with Crippen LogP contribution < -0.4 is 0 Å². The van der Waals surface area contributed by atoms with Crippen molar-refractivity contribution in [3.8, 4) is 56.4 Å². The molecular weight excluding hydrogens is 775 g/mol. The summed E-state index contributed by atoms with van der Waals surface area (Å²) >= 11 is 0. The third kappa shape index (κ3) is 5.86. The first kappa shape index (κ1) is 36.2. The van der Waals surface area contributed by atoms with Gasteiger partial charge in [-0.15, -0.1) is 0 Å². The fourth-order valence-corrected chi connectivity index (χ4v) is 10.0. The fraction of sp³-hybridized carbons (Fsp3) is 0. The van der Waals surface area contributed by atoms with E-state index in [0.717, 1.165) is 60.5 Å². The van der Waals surface area contributed by atoms with E-state index in [0.29, 0.717) is 17.5 Å². The fourth-order valence-electron chi connectivity index (χ4n) is 10.0. The van der Waals surface area contributed by atoms with E-state index in [1.54, 1.807) is 0 Å². The second-order valence-corrected chi connectivity index (χ2v) is 16.7. The van der Waals surface area contributed by atoms with Crippen LogP contribution in [0.5, 0.6) is 0 Å². The van der Waals surface area contributed by atoms with Gasteiger partial charge in [0.15, 0.2) is 17.5 Å². The SMILES string of the molecule is c1ccc2c(-c3nc(-c4cc(-c5ccc6c7ccccc7c7ccccc7c6c5)cc(-c5cc6ccccc6c6ccccc56)c4)nc(-c4cccc5ccccc45)n3)cccc2c1. The third-order valence-corrected chi connectivity index (χ3v) is 13.0. The van der Waals surface area contributed by atoms with Crippen molar-refractivity contribution in [3.63, 3.8) is 0 Å². The maximum absolute atomic E-state index is 5.41. The Hall–Kier alpha value is -8.53. The maximum Gasteiger partial charge on any atom is 0.164 e. The lowest BCUT2D eigenvalue weighted by molar-refractivity contribution is 1.08. The number of fused-ring (bicyclic) bond motifs is 11. The van der Waals surface area contributed by atoms with E-state index in [1.165, 1.54) is 53.9 Å². The zero-order valence-corrected chi connectivity index (χ0v) is 34.7. The van der Waals surface area contributed by atoms with Gasteiger partial charge in [-0.05, 0) is 128 Å². The molecule has 0 aliphatic rings. The molecule has 0 unspecified atom stereocenters. The Morgan fingerprint density at radius 1 is 0.188 bits per heavy atom. The average Bonchev–Trinajstić information content (AvgIpc) is 3.37. The molecule has 13 rings (SSSR count). The first-order chi connectivity index (χ1) is 31.7. The molecule has 0 amide bonds. The molecule has 0 atom stereocenters. The Kier molecular flexibility index (Phi) is 8.22. The molecule has 1 aromatic heterocycles. The smallest absolute Gasteiger partial charge is 0.164 e. The highest BCUT2D eigenvalue weighted by Crippen LogP contribution is 2.42. The number of nitrogens with zero attached hydrogens (tertiary/aromatic N) is 3. The van der Waals surface area contributed by atoms with Crippen molar-refractivity contribution in [2.75, 3.05) is 0 Å². The summed E-state index contributed by atoms with van der Waals surface area (Å²) < 4.78 is 0. The van der Waals surface area contributed by atoms with E-state index >= 15 is 0 Å². The van der Waals surface area contributed by atoms with Crippen LogP contribution in [0.3, 0.4) is 0 Å². The van der Waals surface area contributed by atoms with E-state index in [2.05, 4.69) is 224 Å². The maximum atomic E-state index is 5.41. The number of hydrogen-bond acceptors (Lipinski definition) is 3. The van der Waals surface area contributed by atoms with Crippen LogP contribution in [0.2, 0.25) is 0 Å². The molecule has 0 fully saturated rings. The number of hydrogen-bond donors (Lipinski definition) is 0. The van der Waals surface area contributed by atoms with Crippen LogP contribution in [0.25, 0.3) is 132 Å². The average molecular weight is 812 g/mol. The molecule has 296 valence electrons. The van der Waals surface area contributed by atoms with Crippen LogP contribution in [-0.4, -0.2) is 15.0 Å². The number of aromatic nitrogens is 3. The topological polar surface area (TPSA) is 38.7 Å². The largest absolute Gasteiger partial charge is 0.208 e. The van der Waals surface area contributed by atoms with Crippen LogP contribution >= 0.6 is 0 Å². The van der Waals surface area contributed by atoms with Crippen molar-refractivity contribution >= 4 is 75.4 Å². The first-order valence-corrected chi connectivity index (χ1v) is 21.8. The minimum absolute atomic E-state index is 0.617. The van der Waals surface area contributed by atoms with Gasteiger partial charge in [0.05, 0.1) is 0 Å². The van der Waals surface area contributed by atoms with Crippen molar-refractivity contribution in [2.45, 2.75) is 0 Å². The minimum Gasteiger partial charge on any atom is -0.208 e. The van der Waals surface area contributed by atoms with Crippen molar-refractivity contribution in [1.82, 2.24) is 15.0 Å². The Balaban J connectivity index is 1.11. The van der Waals surface area contributed by atoms with Gasteiger partial charge in [0.25, 0.3) is 0 Å². The standard InChI is InChI=1S/C61H37N3/c1-4-20-45-38(15-1)18-13-29-55(45)60-62-59(63-61(64-60)56-30-14-19-39-16-2-5-21-46(39)56)44-34-42(33-43(35-44)57-37-41-17-3-6-22-47(41)48-23-7-11-27-52(48)57)40-31-32-54-51-26-9-8-24-49(51)50-25-10-12-28-53(50)58(54)36-40/h1-37H. The lowest BCUT2D eigenvalue weighted by atomic mass is 9.89. The summed E-state index contributed by atoms with van der Waals surface area (Å²) in [5, 5.41) is 16.8. The quantitative estimate of drug-likeness (QED) is 0.163. The highest BCUT2D eigenvalue weighted by Gasteiger charge is 2.19. The molecule has 64 heavy (non-hydrogen) atoms. The molecule has 3 nitrogen and oxygen atoms in total. The predicted molar refractivity (Wildman–Crippen MR) is 270 cm³/mol. The van der Waals surface area contributed by atoms with Crippen molar-refractivity contribution in [1.29, 1.82) is 0 Å². The van der Waals surface area contributed by atoms with Gasteiger partial charge in [-0.2, -0.15) is 0 Å². The summed E-state index contributed by atoms with van der Waals surface area (Å²) in [6.45, 7) is 0. The Bertz CT molecular complexity index is 3890. The summed E-state index contributed by atoms with van der Waals surface area (Å²) in [6, 6.07) is 80.8. The molecule has 0 aliphatic carbocycles. The molecule has 0 spiro atoms. The summed E-state index contributed by atoms with van der Waals surface area (Å²) in [5.74, 6) is 1.89. The lowest BCUT2D eigenvalue weighted by Crippen LogP contribution is -2.01. The Labute approximate surface area is 369 Å². The summed E-state index contributed by atoms with van der Waals surface area (Å²) in [7, 11) is 0. The minimum atomic E-state index is 0.617. The third-order valence-electron chi connectivity index (χ3n) is 13.0. The zero-order valence-electron chi connectivity index (χ0n) is 34.7. The van der Waals surface area contributed by atoms with E-state index in [-0.39, 0.29) is 0 Å². The van der Waals surface area contributed by atoms with E-state index in [4.69, 9.17) is 15.0 Å². The summed E-state index contributed by atoms with van der Waals surface area (Å²) in [4.78, 5) is 16.1. The van der Waals surface area contributed by atoms with E-state index in [9.17, 15) is 0 Å². The lowest BCUT2D eigenvalue weighted by Gasteiger charge is -2.16. The molecule has 13 aromatic rings. The van der Waals surface area contributed by atoms with Gasteiger partial charge in [-0.1, -0.05) is 194 Å². The molecular formula is C61H37N3. The second kappa shape index (κ2) is 14.5. The molecule has 3 heteroatoms. The van der Waals surface area contributed by atoms with Crippen LogP contribution in [-0.2, 0) is 0 Å². The van der Waals surface area contributed by atoms with Crippen molar-refractivity contribution < 1.29 is 0 Å². The zero-order chi connectivity index (χ0) is 42.1. The molecule has 0 bridgehead atoms. The second-order valence-electron chi connectivity index (χ2n) is 16.7. The molecule has 0 aliphatic heterocycles. The van der Waals surface area contributed by atoms with Gasteiger partial charge in [-0.25, -0.2) is 15.0 Å². The van der Waals surface area contributed by atoms with Gasteiger partial charge in [0, 0.05) is 16.7 Å². The van der Waals surface area contributed by atoms with Gasteiger partial charge < -0.3 is 0 Å². The number of benzene rings is 12.